The lowest BCUT2D eigenvalue weighted by Crippen LogP contribution is -2.54. The van der Waals surface area contributed by atoms with Crippen LogP contribution in [0.3, 0.4) is 0 Å². The van der Waals surface area contributed by atoms with Crippen LogP contribution in [-0.2, 0) is 19.1 Å². The van der Waals surface area contributed by atoms with Crippen molar-refractivity contribution >= 4 is 17.6 Å². The number of fused-ring (bicyclic) bond motifs is 1. The predicted octanol–water partition coefficient (Wildman–Crippen LogP) is 2.76. The number of rotatable bonds is 8. The summed E-state index contributed by atoms with van der Waals surface area (Å²) in [4.78, 5) is 44.0. The summed E-state index contributed by atoms with van der Waals surface area (Å²) < 4.78 is 11.5. The van der Waals surface area contributed by atoms with E-state index in [9.17, 15) is 14.4 Å². The molecule has 3 saturated heterocycles. The number of piperidine rings is 1. The Morgan fingerprint density at radius 3 is 2.43 bits per heavy atom. The van der Waals surface area contributed by atoms with E-state index >= 15 is 0 Å². The molecule has 0 unspecified atom stereocenters. The standard InChI is InChI=1S/C29H41N3O5/c1-3-31-15-13-20(14-16-31)19-9-11-22(12-10-19)28(34)30-25(21-7-5-6-8-21)29(35)32-17-24(36-4-2)27-26(32)23(33)18-37-27/h9-12,20-21,24-27H,3-8,13-18H2,1-2H3,(H,30,34)/t24-,25-,26+,27+/m0/s1. The molecule has 1 aromatic rings. The molecule has 3 heterocycles. The lowest BCUT2D eigenvalue weighted by molar-refractivity contribution is -0.139. The Morgan fingerprint density at radius 1 is 1.08 bits per heavy atom. The number of benzene rings is 1. The van der Waals surface area contributed by atoms with Crippen LogP contribution in [0.1, 0.15) is 74.2 Å². The highest BCUT2D eigenvalue weighted by Gasteiger charge is 2.54. The number of hydrogen-bond donors (Lipinski definition) is 1. The number of carbonyl (C=O) groups is 3. The van der Waals surface area contributed by atoms with Gasteiger partial charge in [0.1, 0.15) is 30.9 Å². The minimum absolute atomic E-state index is 0.00691. The maximum Gasteiger partial charge on any atom is 0.251 e. The molecule has 0 spiro atoms. The van der Waals surface area contributed by atoms with Crippen molar-refractivity contribution < 1.29 is 23.9 Å². The zero-order chi connectivity index (χ0) is 25.9. The minimum atomic E-state index is -0.650. The molecular weight excluding hydrogens is 470 g/mol. The molecule has 2 amide bonds. The van der Waals surface area contributed by atoms with E-state index in [-0.39, 0.29) is 36.2 Å². The Balaban J connectivity index is 1.29. The lowest BCUT2D eigenvalue weighted by Gasteiger charge is -2.31. The monoisotopic (exact) mass is 511 g/mol. The van der Waals surface area contributed by atoms with Crippen LogP contribution in [0.5, 0.6) is 0 Å². The topological polar surface area (TPSA) is 88.2 Å². The van der Waals surface area contributed by atoms with Crippen LogP contribution < -0.4 is 5.32 Å². The molecule has 1 saturated carbocycles. The van der Waals surface area contributed by atoms with Gasteiger partial charge >= 0.3 is 0 Å². The molecule has 202 valence electrons. The van der Waals surface area contributed by atoms with E-state index in [1.807, 2.05) is 19.1 Å². The summed E-state index contributed by atoms with van der Waals surface area (Å²) in [5.74, 6) is 0.0958. The van der Waals surface area contributed by atoms with E-state index < -0.39 is 18.2 Å². The molecule has 1 N–H and O–H groups in total. The molecular formula is C29H41N3O5. The molecule has 0 radical (unpaired) electrons. The summed E-state index contributed by atoms with van der Waals surface area (Å²) in [5, 5.41) is 3.08. The van der Waals surface area contributed by atoms with Gasteiger partial charge in [-0.25, -0.2) is 0 Å². The van der Waals surface area contributed by atoms with Gasteiger partial charge in [-0.1, -0.05) is 31.9 Å². The van der Waals surface area contributed by atoms with E-state index in [1.165, 1.54) is 5.56 Å². The molecule has 0 bridgehead atoms. The van der Waals surface area contributed by atoms with Gasteiger partial charge in [-0.05, 0) is 81.8 Å². The van der Waals surface area contributed by atoms with Crippen LogP contribution in [0.4, 0.5) is 0 Å². The zero-order valence-corrected chi connectivity index (χ0v) is 22.2. The molecule has 3 aliphatic heterocycles. The van der Waals surface area contributed by atoms with Gasteiger partial charge in [-0.15, -0.1) is 0 Å². The third-order valence-electron chi connectivity index (χ3n) is 8.90. The highest BCUT2D eigenvalue weighted by Crippen LogP contribution is 2.34. The number of nitrogens with zero attached hydrogens (tertiary/aromatic N) is 2. The highest BCUT2D eigenvalue weighted by molar-refractivity contribution is 5.99. The summed E-state index contributed by atoms with van der Waals surface area (Å²) in [7, 11) is 0. The fraction of sp³-hybridized carbons (Fsp3) is 0.690. The molecule has 5 rings (SSSR count). The van der Waals surface area contributed by atoms with Crippen LogP contribution in [0, 0.1) is 5.92 Å². The van der Waals surface area contributed by atoms with Crippen molar-refractivity contribution in [2.45, 2.75) is 82.6 Å². The number of likely N-dealkylation sites (tertiary alicyclic amines) is 2. The SMILES string of the molecule is CCO[C@H]1CN(C(=O)[C@@H](NC(=O)c2ccc(C3CCN(CC)CC3)cc2)C2CCCC2)[C@@H]2C(=O)CO[C@H]12. The first-order chi connectivity index (χ1) is 18.0. The quantitative estimate of drug-likeness (QED) is 0.578. The minimum Gasteiger partial charge on any atom is -0.374 e. The summed E-state index contributed by atoms with van der Waals surface area (Å²) in [6.07, 6.45) is 5.43. The Hall–Kier alpha value is -2.29. The Labute approximate surface area is 220 Å². The Kier molecular flexibility index (Phi) is 8.27. The maximum absolute atomic E-state index is 13.9. The molecule has 4 aliphatic rings. The molecule has 1 aliphatic carbocycles. The van der Waals surface area contributed by atoms with Gasteiger partial charge in [0, 0.05) is 12.2 Å². The van der Waals surface area contributed by atoms with Gasteiger partial charge in [-0.2, -0.15) is 0 Å². The normalized spacial score (nSPS) is 28.0. The number of nitrogens with one attached hydrogen (secondary N) is 1. The van der Waals surface area contributed by atoms with Crippen LogP contribution in [-0.4, -0.2) is 91.1 Å². The fourth-order valence-corrected chi connectivity index (χ4v) is 6.76. The van der Waals surface area contributed by atoms with Crippen molar-refractivity contribution in [3.63, 3.8) is 0 Å². The van der Waals surface area contributed by atoms with E-state index in [1.54, 1.807) is 4.90 Å². The number of hydrogen-bond acceptors (Lipinski definition) is 6. The Bertz CT molecular complexity index is 968. The van der Waals surface area contributed by atoms with Gasteiger partial charge in [0.25, 0.3) is 5.91 Å². The van der Waals surface area contributed by atoms with Crippen LogP contribution in [0.2, 0.25) is 0 Å². The number of amides is 2. The maximum atomic E-state index is 13.9. The van der Waals surface area contributed by atoms with Gasteiger partial charge in [0.2, 0.25) is 5.91 Å². The molecule has 1 aromatic carbocycles. The van der Waals surface area contributed by atoms with Crippen LogP contribution in [0.15, 0.2) is 24.3 Å². The second-order valence-electron chi connectivity index (χ2n) is 11.0. The summed E-state index contributed by atoms with van der Waals surface area (Å²) >= 11 is 0. The first-order valence-electron chi connectivity index (χ1n) is 14.2. The van der Waals surface area contributed by atoms with Crippen LogP contribution >= 0.6 is 0 Å². The molecule has 4 fully saturated rings. The van der Waals surface area contributed by atoms with Crippen molar-refractivity contribution in [1.82, 2.24) is 15.1 Å². The first kappa shape index (κ1) is 26.3. The molecule has 37 heavy (non-hydrogen) atoms. The van der Waals surface area contributed by atoms with Crippen molar-refractivity contribution in [2.24, 2.45) is 5.92 Å². The van der Waals surface area contributed by atoms with Crippen molar-refractivity contribution in [1.29, 1.82) is 0 Å². The number of Topliss-reactive ketones (excluding diaryl/α,β-unsaturated/α-hetero) is 1. The van der Waals surface area contributed by atoms with Crippen LogP contribution in [0.25, 0.3) is 0 Å². The summed E-state index contributed by atoms with van der Waals surface area (Å²) in [5.41, 5.74) is 1.85. The molecule has 8 heteroatoms. The van der Waals surface area contributed by atoms with E-state index in [0.717, 1.165) is 58.2 Å². The smallest absolute Gasteiger partial charge is 0.251 e. The van der Waals surface area contributed by atoms with Crippen molar-refractivity contribution in [3.05, 3.63) is 35.4 Å². The molecule has 0 aromatic heterocycles. The van der Waals surface area contributed by atoms with Crippen molar-refractivity contribution in [2.75, 3.05) is 39.4 Å². The zero-order valence-electron chi connectivity index (χ0n) is 22.2. The molecule has 4 atom stereocenters. The number of carbonyl (C=O) groups excluding carboxylic acids is 3. The van der Waals surface area contributed by atoms with E-state index in [0.29, 0.717) is 24.6 Å². The second-order valence-corrected chi connectivity index (χ2v) is 11.0. The van der Waals surface area contributed by atoms with Crippen molar-refractivity contribution in [3.8, 4) is 0 Å². The highest BCUT2D eigenvalue weighted by atomic mass is 16.6. The van der Waals surface area contributed by atoms with Gasteiger partial charge < -0.3 is 24.6 Å². The summed E-state index contributed by atoms with van der Waals surface area (Å²) in [6, 6.07) is 6.64. The van der Waals surface area contributed by atoms with Gasteiger partial charge in [0.05, 0.1) is 6.54 Å². The fourth-order valence-electron chi connectivity index (χ4n) is 6.76. The largest absolute Gasteiger partial charge is 0.374 e. The van der Waals surface area contributed by atoms with Gasteiger partial charge in [0.15, 0.2) is 5.78 Å². The number of ether oxygens (including phenoxy) is 2. The first-order valence-corrected chi connectivity index (χ1v) is 14.2. The lowest BCUT2D eigenvalue weighted by atomic mass is 9.89. The average molecular weight is 512 g/mol. The second kappa shape index (κ2) is 11.6. The third-order valence-corrected chi connectivity index (χ3v) is 8.90. The number of ketones is 1. The van der Waals surface area contributed by atoms with Gasteiger partial charge in [-0.3, -0.25) is 14.4 Å². The average Bonchev–Trinajstić information content (AvgIpc) is 3.67. The predicted molar refractivity (Wildman–Crippen MR) is 139 cm³/mol. The Morgan fingerprint density at radius 2 is 1.78 bits per heavy atom. The third kappa shape index (κ3) is 5.47. The molecule has 8 nitrogen and oxygen atoms in total. The summed E-state index contributed by atoms with van der Waals surface area (Å²) in [6.45, 7) is 8.25. The van der Waals surface area contributed by atoms with E-state index in [2.05, 4.69) is 29.3 Å². The van der Waals surface area contributed by atoms with E-state index in [4.69, 9.17) is 9.47 Å².